The monoisotopic (exact) mass is 278 g/mol. The van der Waals surface area contributed by atoms with Crippen molar-refractivity contribution in [3.8, 4) is 0 Å². The number of fused-ring (bicyclic) bond motifs is 5. The summed E-state index contributed by atoms with van der Waals surface area (Å²) in [6.07, 6.45) is 4.08. The van der Waals surface area contributed by atoms with E-state index in [9.17, 15) is 4.79 Å². The molecular weight excluding hydrogens is 260 g/mol. The first-order chi connectivity index (χ1) is 9.16. The van der Waals surface area contributed by atoms with Crippen LogP contribution in [-0.4, -0.2) is 20.7 Å². The minimum absolute atomic E-state index is 0.223. The molecule has 3 fully saturated rings. The molecule has 19 heavy (non-hydrogen) atoms. The minimum atomic E-state index is 0.223. The normalized spacial score (nSPS) is 38.3. The average Bonchev–Trinajstić information content (AvgIpc) is 2.67. The third kappa shape index (κ3) is 1.62. The molecule has 0 radical (unpaired) electrons. The van der Waals surface area contributed by atoms with Gasteiger partial charge in [-0.25, -0.2) is 0 Å². The van der Waals surface area contributed by atoms with Crippen molar-refractivity contribution in [3.63, 3.8) is 0 Å². The molecule has 0 aliphatic heterocycles. The SMILES string of the molecule is Cn1c(CNC(=O)C2[C@@H]3[C@H]4CC[C@@H](C4)[C@@H]23)n[nH]c1=S. The van der Waals surface area contributed by atoms with Gasteiger partial charge in [-0.15, -0.1) is 0 Å². The zero-order valence-electron chi connectivity index (χ0n) is 10.9. The highest BCUT2D eigenvalue weighted by molar-refractivity contribution is 7.71. The molecular formula is C13H18N4OS. The maximum atomic E-state index is 12.2. The highest BCUT2D eigenvalue weighted by Gasteiger charge is 2.67. The lowest BCUT2D eigenvalue weighted by molar-refractivity contribution is -0.123. The minimum Gasteiger partial charge on any atom is -0.349 e. The predicted octanol–water partition coefficient (Wildman–Crippen LogP) is 1.39. The standard InChI is InChI=1S/C13H18N4OS/c1-17-8(15-16-13(17)19)5-14-12(18)11-9-6-2-3-7(4-6)10(9)11/h6-7,9-11H,2-5H2,1H3,(H,14,18)(H,16,19)/t6-,7-,9+,10+/m0/s1. The van der Waals surface area contributed by atoms with Crippen LogP contribution in [0.5, 0.6) is 0 Å². The highest BCUT2D eigenvalue weighted by atomic mass is 32.1. The number of H-pyrrole nitrogens is 1. The van der Waals surface area contributed by atoms with Crippen molar-refractivity contribution >= 4 is 18.1 Å². The van der Waals surface area contributed by atoms with Crippen LogP contribution in [-0.2, 0) is 18.4 Å². The molecule has 5 nitrogen and oxygen atoms in total. The molecule has 0 unspecified atom stereocenters. The predicted molar refractivity (Wildman–Crippen MR) is 71.5 cm³/mol. The lowest BCUT2D eigenvalue weighted by atomic mass is 10.0. The molecule has 3 aliphatic carbocycles. The average molecular weight is 278 g/mol. The lowest BCUT2D eigenvalue weighted by Gasteiger charge is -2.09. The van der Waals surface area contributed by atoms with Crippen molar-refractivity contribution in [2.24, 2.45) is 36.6 Å². The fraction of sp³-hybridized carbons (Fsp3) is 0.769. The van der Waals surface area contributed by atoms with Gasteiger partial charge >= 0.3 is 0 Å². The molecule has 3 aliphatic rings. The van der Waals surface area contributed by atoms with Crippen molar-refractivity contribution in [1.29, 1.82) is 0 Å². The topological polar surface area (TPSA) is 62.7 Å². The molecule has 0 spiro atoms. The van der Waals surface area contributed by atoms with E-state index in [1.165, 1.54) is 19.3 Å². The summed E-state index contributed by atoms with van der Waals surface area (Å²) in [4.78, 5) is 12.2. The van der Waals surface area contributed by atoms with Gasteiger partial charge in [0.1, 0.15) is 0 Å². The van der Waals surface area contributed by atoms with Crippen LogP contribution >= 0.6 is 12.2 Å². The Labute approximate surface area is 116 Å². The summed E-state index contributed by atoms with van der Waals surface area (Å²) >= 11 is 5.05. The van der Waals surface area contributed by atoms with Crippen LogP contribution in [0, 0.1) is 34.4 Å². The number of nitrogens with zero attached hydrogens (tertiary/aromatic N) is 2. The van der Waals surface area contributed by atoms with E-state index in [0.29, 0.717) is 29.1 Å². The number of rotatable bonds is 3. The van der Waals surface area contributed by atoms with Crippen molar-refractivity contribution in [1.82, 2.24) is 20.1 Å². The van der Waals surface area contributed by atoms with Crippen LogP contribution in [0.15, 0.2) is 0 Å². The second-order valence-corrected chi connectivity index (χ2v) is 6.62. The largest absolute Gasteiger partial charge is 0.349 e. The fourth-order valence-corrected chi connectivity index (χ4v) is 4.65. The number of carbonyl (C=O) groups excluding carboxylic acids is 1. The number of amides is 1. The molecule has 1 aromatic rings. The molecule has 2 N–H and O–H groups in total. The Bertz CT molecular complexity index is 576. The second-order valence-electron chi connectivity index (χ2n) is 6.24. The Kier molecular flexibility index (Phi) is 2.40. The van der Waals surface area contributed by atoms with Gasteiger partial charge in [0.05, 0.1) is 6.54 Å². The van der Waals surface area contributed by atoms with Crippen molar-refractivity contribution in [2.45, 2.75) is 25.8 Å². The summed E-state index contributed by atoms with van der Waals surface area (Å²) in [6, 6.07) is 0. The van der Waals surface area contributed by atoms with Crippen LogP contribution in [0.2, 0.25) is 0 Å². The van der Waals surface area contributed by atoms with E-state index in [1.807, 2.05) is 7.05 Å². The van der Waals surface area contributed by atoms with Gasteiger partial charge in [0.2, 0.25) is 5.91 Å². The number of hydrogen-bond donors (Lipinski definition) is 2. The Morgan fingerprint density at radius 3 is 2.74 bits per heavy atom. The van der Waals surface area contributed by atoms with E-state index in [1.54, 1.807) is 4.57 Å². The molecule has 4 atom stereocenters. The van der Waals surface area contributed by atoms with E-state index in [2.05, 4.69) is 15.5 Å². The number of carbonyl (C=O) groups is 1. The van der Waals surface area contributed by atoms with E-state index < -0.39 is 0 Å². The lowest BCUT2D eigenvalue weighted by Crippen LogP contribution is -2.28. The first-order valence-electron chi connectivity index (χ1n) is 7.05. The van der Waals surface area contributed by atoms with E-state index in [-0.39, 0.29) is 5.91 Å². The van der Waals surface area contributed by atoms with Gasteiger partial charge in [0, 0.05) is 13.0 Å². The van der Waals surface area contributed by atoms with Crippen molar-refractivity contribution in [2.75, 3.05) is 0 Å². The Morgan fingerprint density at radius 1 is 1.47 bits per heavy atom. The quantitative estimate of drug-likeness (QED) is 0.821. The molecule has 4 rings (SSSR count). The van der Waals surface area contributed by atoms with Gasteiger partial charge in [-0.3, -0.25) is 9.89 Å². The van der Waals surface area contributed by atoms with Crippen LogP contribution in [0.1, 0.15) is 25.1 Å². The smallest absolute Gasteiger partial charge is 0.224 e. The van der Waals surface area contributed by atoms with Gasteiger partial charge in [0.25, 0.3) is 0 Å². The maximum Gasteiger partial charge on any atom is 0.224 e. The molecule has 1 amide bonds. The Balaban J connectivity index is 1.39. The number of nitrogens with one attached hydrogen (secondary N) is 2. The van der Waals surface area contributed by atoms with Crippen LogP contribution < -0.4 is 5.32 Å². The Morgan fingerprint density at radius 2 is 2.16 bits per heavy atom. The maximum absolute atomic E-state index is 12.2. The van der Waals surface area contributed by atoms with Gasteiger partial charge in [0.15, 0.2) is 10.6 Å². The summed E-state index contributed by atoms with van der Waals surface area (Å²) in [5.74, 6) is 4.37. The van der Waals surface area contributed by atoms with E-state index >= 15 is 0 Å². The summed E-state index contributed by atoms with van der Waals surface area (Å²) < 4.78 is 2.39. The third-order valence-corrected chi connectivity index (χ3v) is 5.80. The Hall–Kier alpha value is -1.17. The number of aromatic nitrogens is 3. The number of aromatic amines is 1. The van der Waals surface area contributed by atoms with Gasteiger partial charge < -0.3 is 9.88 Å². The zero-order chi connectivity index (χ0) is 13.1. The van der Waals surface area contributed by atoms with Crippen LogP contribution in [0.25, 0.3) is 0 Å². The van der Waals surface area contributed by atoms with Crippen LogP contribution in [0.3, 0.4) is 0 Å². The molecule has 0 aromatic carbocycles. The number of hydrogen-bond acceptors (Lipinski definition) is 3. The second kappa shape index (κ2) is 3.91. The van der Waals surface area contributed by atoms with E-state index in [4.69, 9.17) is 12.2 Å². The third-order valence-electron chi connectivity index (χ3n) is 5.43. The molecule has 1 aromatic heterocycles. The van der Waals surface area contributed by atoms with Crippen molar-refractivity contribution < 1.29 is 4.79 Å². The molecule has 102 valence electrons. The molecule has 3 saturated carbocycles. The summed E-state index contributed by atoms with van der Waals surface area (Å²) in [5.41, 5.74) is 0. The summed E-state index contributed by atoms with van der Waals surface area (Å²) in [5, 5.41) is 9.87. The fourth-order valence-electron chi connectivity index (χ4n) is 4.50. The first kappa shape index (κ1) is 11.6. The molecule has 6 heteroatoms. The summed E-state index contributed by atoms with van der Waals surface area (Å²) in [6.45, 7) is 0.466. The van der Waals surface area contributed by atoms with Gasteiger partial charge in [-0.05, 0) is 55.2 Å². The molecule has 1 heterocycles. The molecule has 2 bridgehead atoms. The highest BCUT2D eigenvalue weighted by Crippen LogP contribution is 2.69. The van der Waals surface area contributed by atoms with Gasteiger partial charge in [-0.1, -0.05) is 0 Å². The zero-order valence-corrected chi connectivity index (χ0v) is 11.7. The summed E-state index contributed by atoms with van der Waals surface area (Å²) in [7, 11) is 1.86. The van der Waals surface area contributed by atoms with Crippen molar-refractivity contribution in [3.05, 3.63) is 10.6 Å². The first-order valence-corrected chi connectivity index (χ1v) is 7.45. The van der Waals surface area contributed by atoms with Crippen LogP contribution in [0.4, 0.5) is 0 Å². The van der Waals surface area contributed by atoms with E-state index in [0.717, 1.165) is 17.7 Å². The van der Waals surface area contributed by atoms with Gasteiger partial charge in [-0.2, -0.15) is 5.10 Å². The molecule has 0 saturated heterocycles.